The minimum atomic E-state index is -0.0402. The molecule has 26 heavy (non-hydrogen) atoms. The summed E-state index contributed by atoms with van der Waals surface area (Å²) in [5.41, 5.74) is 1.52. The smallest absolute Gasteiger partial charge is 0.226 e. The number of carbonyl (C=O) groups is 1. The molecule has 2 aromatic rings. The number of methoxy groups -OCH3 is 1. The molecule has 1 saturated heterocycles. The Kier molecular flexibility index (Phi) is 6.62. The molecule has 0 spiro atoms. The average molecular weight is 359 g/mol. The molecule has 1 aliphatic rings. The van der Waals surface area contributed by atoms with Gasteiger partial charge in [-0.15, -0.1) is 0 Å². The fourth-order valence-electron chi connectivity index (χ4n) is 2.87. The van der Waals surface area contributed by atoms with Crippen molar-refractivity contribution in [2.75, 3.05) is 46.5 Å². The lowest BCUT2D eigenvalue weighted by Gasteiger charge is -2.26. The van der Waals surface area contributed by atoms with Crippen molar-refractivity contribution >= 4 is 5.91 Å². The number of hydrogen-bond acceptors (Lipinski definition) is 6. The molecular weight excluding hydrogens is 334 g/mol. The zero-order chi connectivity index (χ0) is 18.2. The molecule has 0 radical (unpaired) electrons. The first-order valence-electron chi connectivity index (χ1n) is 8.91. The highest BCUT2D eigenvalue weighted by Crippen LogP contribution is 2.23. The third kappa shape index (κ3) is 5.31. The maximum absolute atomic E-state index is 12.0. The largest absolute Gasteiger partial charge is 0.497 e. The molecule has 7 heteroatoms. The van der Waals surface area contributed by atoms with Crippen molar-refractivity contribution in [3.05, 3.63) is 36.0 Å². The molecule has 1 N–H and O–H groups in total. The molecule has 1 aliphatic heterocycles. The molecule has 1 amide bonds. The van der Waals surface area contributed by atoms with Crippen molar-refractivity contribution in [3.8, 4) is 17.1 Å². The summed E-state index contributed by atoms with van der Waals surface area (Å²) in [5, 5.41) is 6.93. The van der Waals surface area contributed by atoms with Gasteiger partial charge < -0.3 is 19.3 Å². The third-order valence-electron chi connectivity index (χ3n) is 4.35. The summed E-state index contributed by atoms with van der Waals surface area (Å²) in [5.74, 6) is 1.38. The first-order chi connectivity index (χ1) is 12.7. The number of benzene rings is 1. The minimum absolute atomic E-state index is 0.0402. The van der Waals surface area contributed by atoms with Crippen molar-refractivity contribution in [3.63, 3.8) is 0 Å². The molecule has 1 fully saturated rings. The summed E-state index contributed by atoms with van der Waals surface area (Å²) in [4.78, 5) is 14.4. The van der Waals surface area contributed by atoms with E-state index < -0.39 is 0 Å². The highest BCUT2D eigenvalue weighted by atomic mass is 16.5. The second-order valence-corrected chi connectivity index (χ2v) is 6.25. The van der Waals surface area contributed by atoms with Gasteiger partial charge in [-0.25, -0.2) is 0 Å². The normalized spacial score (nSPS) is 15.0. The van der Waals surface area contributed by atoms with Crippen molar-refractivity contribution in [2.45, 2.75) is 12.8 Å². The van der Waals surface area contributed by atoms with Gasteiger partial charge in [-0.1, -0.05) is 5.16 Å². The maximum Gasteiger partial charge on any atom is 0.226 e. The van der Waals surface area contributed by atoms with E-state index in [1.165, 1.54) is 0 Å². The number of nitrogens with one attached hydrogen (secondary N) is 1. The van der Waals surface area contributed by atoms with Gasteiger partial charge >= 0.3 is 0 Å². The number of nitrogens with zero attached hydrogens (tertiary/aromatic N) is 2. The fourth-order valence-corrected chi connectivity index (χ4v) is 2.87. The monoisotopic (exact) mass is 359 g/mol. The second-order valence-electron chi connectivity index (χ2n) is 6.25. The third-order valence-corrected chi connectivity index (χ3v) is 4.35. The summed E-state index contributed by atoms with van der Waals surface area (Å²) < 4.78 is 15.8. The van der Waals surface area contributed by atoms with Crippen LogP contribution in [0, 0.1) is 0 Å². The molecule has 0 atom stereocenters. The van der Waals surface area contributed by atoms with E-state index in [1.54, 1.807) is 13.2 Å². The molecule has 0 saturated carbocycles. The van der Waals surface area contributed by atoms with Gasteiger partial charge in [0.2, 0.25) is 5.91 Å². The van der Waals surface area contributed by atoms with Crippen LogP contribution in [-0.4, -0.2) is 62.5 Å². The fraction of sp³-hybridized carbons (Fsp3) is 0.474. The Morgan fingerprint density at radius 3 is 2.77 bits per heavy atom. The topological polar surface area (TPSA) is 76.8 Å². The van der Waals surface area contributed by atoms with Gasteiger partial charge in [-0.05, 0) is 37.2 Å². The van der Waals surface area contributed by atoms with Crippen molar-refractivity contribution < 1.29 is 18.8 Å². The number of carbonyl (C=O) groups excluding carboxylic acids is 1. The molecular formula is C19H25N3O4. The Balaban J connectivity index is 1.40. The molecule has 1 aromatic heterocycles. The molecule has 7 nitrogen and oxygen atoms in total. The van der Waals surface area contributed by atoms with Crippen LogP contribution in [0.15, 0.2) is 34.9 Å². The Bertz CT molecular complexity index is 693. The van der Waals surface area contributed by atoms with Crippen LogP contribution in [0.2, 0.25) is 0 Å². The van der Waals surface area contributed by atoms with Crippen LogP contribution in [0.1, 0.15) is 12.1 Å². The Morgan fingerprint density at radius 1 is 1.27 bits per heavy atom. The van der Waals surface area contributed by atoms with Gasteiger partial charge in [0.15, 0.2) is 5.76 Å². The number of amides is 1. The lowest BCUT2D eigenvalue weighted by molar-refractivity contribution is -0.120. The van der Waals surface area contributed by atoms with E-state index in [0.29, 0.717) is 18.0 Å². The van der Waals surface area contributed by atoms with Gasteiger partial charge in [0.25, 0.3) is 0 Å². The van der Waals surface area contributed by atoms with Crippen LogP contribution in [-0.2, 0) is 16.0 Å². The summed E-state index contributed by atoms with van der Waals surface area (Å²) in [7, 11) is 1.63. The SMILES string of the molecule is COc1ccc(-c2cc(CC(=O)NCCCN3CCOCC3)no2)cc1. The van der Waals surface area contributed by atoms with Gasteiger partial charge in [0.1, 0.15) is 5.75 Å². The first-order valence-corrected chi connectivity index (χ1v) is 8.91. The van der Waals surface area contributed by atoms with E-state index in [1.807, 2.05) is 24.3 Å². The lowest BCUT2D eigenvalue weighted by atomic mass is 10.1. The van der Waals surface area contributed by atoms with E-state index in [-0.39, 0.29) is 12.3 Å². The van der Waals surface area contributed by atoms with Crippen LogP contribution in [0.4, 0.5) is 0 Å². The van der Waals surface area contributed by atoms with Crippen LogP contribution >= 0.6 is 0 Å². The van der Waals surface area contributed by atoms with Gasteiger partial charge in [-0.2, -0.15) is 0 Å². The van der Waals surface area contributed by atoms with Crippen LogP contribution < -0.4 is 10.1 Å². The summed E-state index contributed by atoms with van der Waals surface area (Å²) >= 11 is 0. The molecule has 0 unspecified atom stereocenters. The predicted molar refractivity (Wildman–Crippen MR) is 97.1 cm³/mol. The molecule has 0 bridgehead atoms. The zero-order valence-electron chi connectivity index (χ0n) is 15.1. The van der Waals surface area contributed by atoms with Gasteiger partial charge in [0.05, 0.1) is 32.4 Å². The predicted octanol–water partition coefficient (Wildman–Crippen LogP) is 1.73. The van der Waals surface area contributed by atoms with Crippen molar-refractivity contribution in [1.82, 2.24) is 15.4 Å². The van der Waals surface area contributed by atoms with E-state index in [0.717, 1.165) is 50.6 Å². The number of ether oxygens (including phenoxy) is 2. The van der Waals surface area contributed by atoms with E-state index >= 15 is 0 Å². The number of morpholine rings is 1. The van der Waals surface area contributed by atoms with Crippen molar-refractivity contribution in [1.29, 1.82) is 0 Å². The standard InChI is InChI=1S/C19H25N3O4/c1-24-17-5-3-15(4-6-17)18-13-16(21-26-18)14-19(23)20-7-2-8-22-9-11-25-12-10-22/h3-6,13H,2,7-12,14H2,1H3,(H,20,23). The van der Waals surface area contributed by atoms with E-state index in [2.05, 4.69) is 15.4 Å². The highest BCUT2D eigenvalue weighted by molar-refractivity contribution is 5.78. The molecule has 1 aromatic carbocycles. The minimum Gasteiger partial charge on any atom is -0.497 e. The quantitative estimate of drug-likeness (QED) is 0.724. The van der Waals surface area contributed by atoms with Crippen LogP contribution in [0.25, 0.3) is 11.3 Å². The Hall–Kier alpha value is -2.38. The number of hydrogen-bond donors (Lipinski definition) is 1. The van der Waals surface area contributed by atoms with Crippen LogP contribution in [0.3, 0.4) is 0 Å². The Labute approximate surface area is 153 Å². The zero-order valence-corrected chi connectivity index (χ0v) is 15.1. The molecule has 140 valence electrons. The summed E-state index contributed by atoms with van der Waals surface area (Å²) in [6.07, 6.45) is 1.15. The van der Waals surface area contributed by atoms with Gasteiger partial charge in [-0.3, -0.25) is 9.69 Å². The van der Waals surface area contributed by atoms with Crippen LogP contribution in [0.5, 0.6) is 5.75 Å². The van der Waals surface area contributed by atoms with Crippen molar-refractivity contribution in [2.24, 2.45) is 0 Å². The maximum atomic E-state index is 12.0. The van der Waals surface area contributed by atoms with E-state index in [9.17, 15) is 4.79 Å². The first kappa shape index (κ1) is 18.4. The summed E-state index contributed by atoms with van der Waals surface area (Å²) in [6, 6.07) is 9.32. The number of aromatic nitrogens is 1. The average Bonchev–Trinajstić information content (AvgIpc) is 3.14. The lowest BCUT2D eigenvalue weighted by Crippen LogP contribution is -2.38. The Morgan fingerprint density at radius 2 is 2.04 bits per heavy atom. The van der Waals surface area contributed by atoms with E-state index in [4.69, 9.17) is 14.0 Å². The second kappa shape index (κ2) is 9.35. The van der Waals surface area contributed by atoms with Gasteiger partial charge in [0, 0.05) is 31.3 Å². The number of rotatable bonds is 8. The molecule has 2 heterocycles. The molecule has 3 rings (SSSR count). The molecule has 0 aliphatic carbocycles. The highest BCUT2D eigenvalue weighted by Gasteiger charge is 2.12. The summed E-state index contributed by atoms with van der Waals surface area (Å²) in [6.45, 7) is 5.20.